The Morgan fingerprint density at radius 1 is 1.02 bits per heavy atom. The first-order chi connectivity index (χ1) is 23.0. The Balaban J connectivity index is 1.69. The standard InChI is InChI=1S/C38H51NO6S2/c1-5-22-42-38-35(47-7-3)25-33(39-43-6-2)31-23-26(12-8-10-20-40)30(13-9-11-21-41)36(37(31)38)32-24-28(16-19-34(32)45-38)44-27-14-17-29(46-4)18-15-27/h5,14-19,23-24,26,30,35-37,40-41H,1,6-13,20-22,25H2,2-4H3/t26-,30+,35-,36+,37+,38+/m0/s1. The van der Waals surface area contributed by atoms with Crippen LogP contribution in [0.1, 0.15) is 70.3 Å². The number of nitrogens with zero attached hydrogens (tertiary/aromatic N) is 1. The van der Waals surface area contributed by atoms with E-state index < -0.39 is 5.79 Å². The molecule has 5 rings (SSSR count). The number of hydrogen-bond acceptors (Lipinski definition) is 9. The summed E-state index contributed by atoms with van der Waals surface area (Å²) >= 11 is 3.56. The van der Waals surface area contributed by atoms with Crippen molar-refractivity contribution in [1.29, 1.82) is 0 Å². The minimum atomic E-state index is -0.926. The van der Waals surface area contributed by atoms with Gasteiger partial charge < -0.3 is 29.3 Å². The zero-order valence-corrected chi connectivity index (χ0v) is 29.7. The van der Waals surface area contributed by atoms with Crippen molar-refractivity contribution in [3.63, 3.8) is 0 Å². The summed E-state index contributed by atoms with van der Waals surface area (Å²) in [7, 11) is 0. The number of aliphatic hydroxyl groups is 2. The number of aliphatic hydroxyl groups excluding tert-OH is 2. The Hall–Kier alpha value is -2.43. The van der Waals surface area contributed by atoms with Crippen molar-refractivity contribution in [3.8, 4) is 17.2 Å². The average Bonchev–Trinajstić information content (AvgIpc) is 3.09. The predicted molar refractivity (Wildman–Crippen MR) is 193 cm³/mol. The minimum Gasteiger partial charge on any atom is -0.460 e. The summed E-state index contributed by atoms with van der Waals surface area (Å²) in [6, 6.07) is 14.4. The van der Waals surface area contributed by atoms with E-state index in [4.69, 9.17) is 24.2 Å². The molecular weight excluding hydrogens is 631 g/mol. The summed E-state index contributed by atoms with van der Waals surface area (Å²) in [5.74, 6) is 2.81. The molecule has 6 atom stereocenters. The van der Waals surface area contributed by atoms with Gasteiger partial charge in [0.05, 0.1) is 23.5 Å². The first kappa shape index (κ1) is 35.9. The number of ether oxygens (including phenoxy) is 3. The monoisotopic (exact) mass is 681 g/mol. The fourth-order valence-corrected chi connectivity index (χ4v) is 9.24. The van der Waals surface area contributed by atoms with Gasteiger partial charge in [-0.25, -0.2) is 0 Å². The molecule has 47 heavy (non-hydrogen) atoms. The SMILES string of the molecule is C=CCO[C@@]12Oc3ccc(Oc4ccc(SC)cc4)cc3[C@H]3[C@H](CCCCO)[C@@H](CCCCO)C=C(C(=NOCC)C[C@@H]1SCC)[C@H]32. The lowest BCUT2D eigenvalue weighted by Crippen LogP contribution is -2.64. The second-order valence-electron chi connectivity index (χ2n) is 12.4. The van der Waals surface area contributed by atoms with E-state index >= 15 is 0 Å². The quantitative estimate of drug-likeness (QED) is 0.0700. The molecule has 2 aliphatic carbocycles. The maximum atomic E-state index is 9.78. The van der Waals surface area contributed by atoms with Gasteiger partial charge in [0, 0.05) is 36.0 Å². The number of benzene rings is 2. The number of rotatable bonds is 18. The molecule has 0 unspecified atom stereocenters. The highest BCUT2D eigenvalue weighted by atomic mass is 32.2. The Labute approximate surface area is 289 Å². The van der Waals surface area contributed by atoms with Gasteiger partial charge in [-0.1, -0.05) is 37.1 Å². The Morgan fingerprint density at radius 2 is 1.77 bits per heavy atom. The summed E-state index contributed by atoms with van der Waals surface area (Å²) in [4.78, 5) is 6.94. The molecule has 0 bridgehead atoms. The first-order valence-electron chi connectivity index (χ1n) is 17.2. The van der Waals surface area contributed by atoms with Crippen LogP contribution in [0.3, 0.4) is 0 Å². The van der Waals surface area contributed by atoms with Crippen LogP contribution < -0.4 is 9.47 Å². The third kappa shape index (κ3) is 7.91. The van der Waals surface area contributed by atoms with Crippen molar-refractivity contribution < 1.29 is 29.3 Å². The van der Waals surface area contributed by atoms with E-state index in [1.807, 2.05) is 43.0 Å². The molecule has 0 aromatic heterocycles. The predicted octanol–water partition coefficient (Wildman–Crippen LogP) is 8.61. The van der Waals surface area contributed by atoms with E-state index in [1.165, 1.54) is 4.90 Å². The molecule has 2 aromatic carbocycles. The van der Waals surface area contributed by atoms with Gasteiger partial charge in [-0.3, -0.25) is 0 Å². The van der Waals surface area contributed by atoms with Crippen LogP contribution in [0.4, 0.5) is 0 Å². The van der Waals surface area contributed by atoms with Crippen molar-refractivity contribution in [1.82, 2.24) is 0 Å². The van der Waals surface area contributed by atoms with E-state index in [0.29, 0.717) is 19.6 Å². The van der Waals surface area contributed by atoms with Gasteiger partial charge in [0.1, 0.15) is 23.9 Å². The van der Waals surface area contributed by atoms with Gasteiger partial charge in [-0.15, -0.1) is 18.3 Å². The molecule has 1 aliphatic heterocycles. The molecule has 3 aliphatic rings. The second-order valence-corrected chi connectivity index (χ2v) is 14.8. The third-order valence-electron chi connectivity index (χ3n) is 9.59. The van der Waals surface area contributed by atoms with Gasteiger partial charge in [0.25, 0.3) is 0 Å². The number of unbranched alkanes of at least 4 members (excludes halogenated alkanes) is 2. The Morgan fingerprint density at radius 3 is 2.45 bits per heavy atom. The Bertz CT molecular complexity index is 1380. The molecule has 0 amide bonds. The normalized spacial score (nSPS) is 27.0. The molecule has 0 spiro atoms. The first-order valence-corrected chi connectivity index (χ1v) is 19.4. The summed E-state index contributed by atoms with van der Waals surface area (Å²) < 4.78 is 20.5. The molecule has 1 fully saturated rings. The smallest absolute Gasteiger partial charge is 0.230 e. The highest BCUT2D eigenvalue weighted by molar-refractivity contribution is 8.00. The average molecular weight is 682 g/mol. The maximum Gasteiger partial charge on any atom is 0.230 e. The van der Waals surface area contributed by atoms with Gasteiger partial charge in [-0.05, 0) is 104 Å². The van der Waals surface area contributed by atoms with Gasteiger partial charge in [0.15, 0.2) is 0 Å². The van der Waals surface area contributed by atoms with Crippen LogP contribution in [-0.2, 0) is 9.57 Å². The highest BCUT2D eigenvalue weighted by Crippen LogP contribution is 2.62. The molecule has 0 saturated heterocycles. The van der Waals surface area contributed by atoms with Crippen LogP contribution in [0.25, 0.3) is 0 Å². The summed E-state index contributed by atoms with van der Waals surface area (Å²) in [5.41, 5.74) is 3.24. The summed E-state index contributed by atoms with van der Waals surface area (Å²) in [6.45, 7) is 9.36. The molecule has 256 valence electrons. The van der Waals surface area contributed by atoms with E-state index in [1.54, 1.807) is 11.8 Å². The van der Waals surface area contributed by atoms with Crippen LogP contribution in [0.15, 0.2) is 76.8 Å². The largest absolute Gasteiger partial charge is 0.460 e. The van der Waals surface area contributed by atoms with Gasteiger partial charge >= 0.3 is 0 Å². The molecular formula is C38H51NO6S2. The molecule has 1 saturated carbocycles. The van der Waals surface area contributed by atoms with Gasteiger partial charge in [-0.2, -0.15) is 11.8 Å². The fraction of sp³-hybridized carbons (Fsp3) is 0.553. The molecule has 9 heteroatoms. The zero-order valence-electron chi connectivity index (χ0n) is 28.1. The van der Waals surface area contributed by atoms with E-state index in [9.17, 15) is 10.2 Å². The topological polar surface area (TPSA) is 89.7 Å². The summed E-state index contributed by atoms with van der Waals surface area (Å²) in [6.07, 6.45) is 12.3. The summed E-state index contributed by atoms with van der Waals surface area (Å²) in [5, 5.41) is 24.2. The molecule has 2 aromatic rings. The van der Waals surface area contributed by atoms with Crippen LogP contribution in [0, 0.1) is 17.8 Å². The van der Waals surface area contributed by atoms with Gasteiger partial charge in [0.2, 0.25) is 5.79 Å². The number of fused-ring (bicyclic) bond motifs is 2. The van der Waals surface area contributed by atoms with E-state index in [-0.39, 0.29) is 42.1 Å². The van der Waals surface area contributed by atoms with Crippen molar-refractivity contribution in [2.45, 2.75) is 80.6 Å². The lowest BCUT2D eigenvalue weighted by molar-refractivity contribution is -0.223. The lowest BCUT2D eigenvalue weighted by atomic mass is 9.56. The minimum absolute atomic E-state index is 0.0145. The van der Waals surface area contributed by atoms with Crippen molar-refractivity contribution in [2.24, 2.45) is 22.9 Å². The van der Waals surface area contributed by atoms with Crippen LogP contribution >= 0.6 is 23.5 Å². The number of allylic oxidation sites excluding steroid dienone is 1. The molecule has 7 nitrogen and oxygen atoms in total. The van der Waals surface area contributed by atoms with Crippen LogP contribution in [0.5, 0.6) is 17.2 Å². The molecule has 0 radical (unpaired) electrons. The Kier molecular flexibility index (Phi) is 13.2. The highest BCUT2D eigenvalue weighted by Gasteiger charge is 2.63. The van der Waals surface area contributed by atoms with Crippen molar-refractivity contribution in [3.05, 3.63) is 72.3 Å². The van der Waals surface area contributed by atoms with Crippen molar-refractivity contribution in [2.75, 3.05) is 38.4 Å². The second kappa shape index (κ2) is 17.3. The third-order valence-corrected chi connectivity index (χ3v) is 11.6. The van der Waals surface area contributed by atoms with Crippen molar-refractivity contribution >= 4 is 29.2 Å². The number of oxime groups is 1. The maximum absolute atomic E-state index is 9.78. The number of hydrogen-bond donors (Lipinski definition) is 2. The molecule has 2 N–H and O–H groups in total. The zero-order chi connectivity index (χ0) is 33.2. The van der Waals surface area contributed by atoms with E-state index in [2.05, 4.69) is 50.1 Å². The van der Waals surface area contributed by atoms with E-state index in [0.717, 1.165) is 78.4 Å². The fourth-order valence-electron chi connectivity index (χ4n) is 7.66. The van der Waals surface area contributed by atoms with Crippen LogP contribution in [-0.4, -0.2) is 65.4 Å². The van der Waals surface area contributed by atoms with Crippen LogP contribution in [0.2, 0.25) is 0 Å². The number of thioether (sulfide) groups is 2. The molecule has 1 heterocycles. The lowest BCUT2D eigenvalue weighted by Gasteiger charge is -2.58.